The van der Waals surface area contributed by atoms with Crippen LogP contribution >= 0.6 is 34.8 Å². The Morgan fingerprint density at radius 1 is 1.00 bits per heavy atom. The number of halogens is 3. The first-order valence-corrected chi connectivity index (χ1v) is 7.93. The second-order valence-electron chi connectivity index (χ2n) is 5.07. The molecule has 1 saturated heterocycles. The molecule has 2 amide bonds. The number of carbonyl (C=O) groups excluding carboxylic acids is 2. The van der Waals surface area contributed by atoms with E-state index in [-0.39, 0.29) is 18.2 Å². The average molecular weight is 370 g/mol. The van der Waals surface area contributed by atoms with Gasteiger partial charge in [-0.25, -0.2) is 4.90 Å². The largest absolute Gasteiger partial charge is 0.372 e. The highest BCUT2D eigenvalue weighted by Gasteiger charge is 2.39. The minimum Gasteiger partial charge on any atom is -0.372 e. The van der Waals surface area contributed by atoms with Crippen molar-refractivity contribution >= 4 is 58.0 Å². The van der Waals surface area contributed by atoms with Gasteiger partial charge in [-0.3, -0.25) is 9.59 Å². The number of amides is 2. The summed E-state index contributed by atoms with van der Waals surface area (Å²) in [6.07, 6.45) is 0.0459. The lowest BCUT2D eigenvalue weighted by Crippen LogP contribution is -2.34. The van der Waals surface area contributed by atoms with E-state index in [0.29, 0.717) is 26.4 Å². The summed E-state index contributed by atoms with van der Waals surface area (Å²) in [4.78, 5) is 25.9. The van der Waals surface area contributed by atoms with Crippen molar-refractivity contribution in [2.45, 2.75) is 12.5 Å². The van der Waals surface area contributed by atoms with Gasteiger partial charge in [-0.15, -0.1) is 0 Å². The molecule has 4 nitrogen and oxygen atoms in total. The van der Waals surface area contributed by atoms with Crippen LogP contribution in [0.2, 0.25) is 15.1 Å². The van der Waals surface area contributed by atoms with Gasteiger partial charge in [0.2, 0.25) is 5.91 Å². The number of nitrogens with one attached hydrogen (secondary N) is 1. The highest BCUT2D eigenvalue weighted by Crippen LogP contribution is 2.30. The molecule has 0 aromatic heterocycles. The van der Waals surface area contributed by atoms with Crippen LogP contribution in [-0.4, -0.2) is 17.9 Å². The lowest BCUT2D eigenvalue weighted by molar-refractivity contribution is -0.121. The molecule has 2 aromatic rings. The summed E-state index contributed by atoms with van der Waals surface area (Å²) in [5.74, 6) is -0.636. The Morgan fingerprint density at radius 2 is 1.74 bits per heavy atom. The van der Waals surface area contributed by atoms with Gasteiger partial charge in [-0.1, -0.05) is 40.9 Å². The second kappa shape index (κ2) is 6.40. The molecular weight excluding hydrogens is 359 g/mol. The number of imide groups is 1. The van der Waals surface area contributed by atoms with E-state index < -0.39 is 6.04 Å². The molecule has 0 bridgehead atoms. The monoisotopic (exact) mass is 368 g/mol. The topological polar surface area (TPSA) is 49.4 Å². The van der Waals surface area contributed by atoms with Crippen molar-refractivity contribution in [3.63, 3.8) is 0 Å². The van der Waals surface area contributed by atoms with Crippen molar-refractivity contribution in [2.24, 2.45) is 0 Å². The van der Waals surface area contributed by atoms with Crippen molar-refractivity contribution in [3.05, 3.63) is 57.5 Å². The fourth-order valence-electron chi connectivity index (χ4n) is 2.43. The van der Waals surface area contributed by atoms with Gasteiger partial charge in [-0.2, -0.15) is 0 Å². The minimum absolute atomic E-state index is 0.0459. The Labute approximate surface area is 147 Å². The normalized spacial score (nSPS) is 17.7. The van der Waals surface area contributed by atoms with Crippen LogP contribution in [0.5, 0.6) is 0 Å². The van der Waals surface area contributed by atoms with Crippen molar-refractivity contribution in [2.75, 3.05) is 10.2 Å². The molecule has 2 aromatic carbocycles. The number of hydrogen-bond donors (Lipinski definition) is 1. The third-order valence-corrected chi connectivity index (χ3v) is 4.26. The number of anilines is 2. The van der Waals surface area contributed by atoms with E-state index >= 15 is 0 Å². The third-order valence-electron chi connectivity index (χ3n) is 3.47. The molecule has 0 radical (unpaired) electrons. The van der Waals surface area contributed by atoms with Crippen molar-refractivity contribution in [1.29, 1.82) is 0 Å². The molecule has 0 spiro atoms. The molecule has 1 aliphatic rings. The highest BCUT2D eigenvalue weighted by atomic mass is 35.5. The predicted molar refractivity (Wildman–Crippen MR) is 92.4 cm³/mol. The molecular formula is C16H11Cl3N2O2. The van der Waals surface area contributed by atoms with Crippen LogP contribution in [0.4, 0.5) is 11.4 Å². The minimum atomic E-state index is -0.680. The third kappa shape index (κ3) is 3.29. The number of nitrogens with zero attached hydrogens (tertiary/aromatic N) is 1. The van der Waals surface area contributed by atoms with Crippen molar-refractivity contribution in [1.82, 2.24) is 0 Å². The standard InChI is InChI=1S/C16H11Cl3N2O2/c17-9-2-1-3-11(6-9)21-15(22)8-14(16(21)23)20-13-5-4-10(18)7-12(13)19/h1-7,14,20H,8H2/t14-/m0/s1. The Kier molecular flexibility index (Phi) is 4.48. The number of benzene rings is 2. The first kappa shape index (κ1) is 16.1. The molecule has 23 heavy (non-hydrogen) atoms. The maximum absolute atomic E-state index is 12.5. The highest BCUT2D eigenvalue weighted by molar-refractivity contribution is 6.36. The maximum atomic E-state index is 12.5. The zero-order chi connectivity index (χ0) is 16.6. The molecule has 3 rings (SSSR count). The fourth-order valence-corrected chi connectivity index (χ4v) is 3.07. The summed E-state index contributed by atoms with van der Waals surface area (Å²) in [5, 5.41) is 4.34. The van der Waals surface area contributed by atoms with Crippen LogP contribution in [0.1, 0.15) is 6.42 Å². The van der Waals surface area contributed by atoms with E-state index in [1.54, 1.807) is 42.5 Å². The van der Waals surface area contributed by atoms with E-state index in [9.17, 15) is 9.59 Å². The molecule has 1 fully saturated rings. The van der Waals surface area contributed by atoms with Gasteiger partial charge < -0.3 is 5.32 Å². The summed E-state index contributed by atoms with van der Waals surface area (Å²) in [6, 6.07) is 10.8. The van der Waals surface area contributed by atoms with Crippen LogP contribution in [0.25, 0.3) is 0 Å². The summed E-state index contributed by atoms with van der Waals surface area (Å²) in [5.41, 5.74) is 1.01. The Morgan fingerprint density at radius 3 is 2.43 bits per heavy atom. The smallest absolute Gasteiger partial charge is 0.256 e. The summed E-state index contributed by atoms with van der Waals surface area (Å²) in [6.45, 7) is 0. The Balaban J connectivity index is 1.84. The Bertz CT molecular complexity index is 795. The van der Waals surface area contributed by atoms with E-state index in [4.69, 9.17) is 34.8 Å². The number of rotatable bonds is 3. The van der Waals surface area contributed by atoms with Crippen LogP contribution in [0, 0.1) is 0 Å². The lowest BCUT2D eigenvalue weighted by Gasteiger charge is -2.17. The predicted octanol–water partition coefficient (Wildman–Crippen LogP) is 4.39. The van der Waals surface area contributed by atoms with Gasteiger partial charge >= 0.3 is 0 Å². The van der Waals surface area contributed by atoms with Crippen LogP contribution in [-0.2, 0) is 9.59 Å². The number of hydrogen-bond acceptors (Lipinski definition) is 3. The number of carbonyl (C=O) groups is 2. The average Bonchev–Trinajstić information content (AvgIpc) is 2.76. The van der Waals surface area contributed by atoms with Crippen LogP contribution in [0.3, 0.4) is 0 Å². The zero-order valence-electron chi connectivity index (χ0n) is 11.7. The molecule has 7 heteroatoms. The van der Waals surface area contributed by atoms with Gasteiger partial charge in [0.1, 0.15) is 6.04 Å². The lowest BCUT2D eigenvalue weighted by atomic mass is 10.2. The first-order chi connectivity index (χ1) is 11.0. The van der Waals surface area contributed by atoms with Gasteiger partial charge in [0, 0.05) is 10.0 Å². The van der Waals surface area contributed by atoms with Gasteiger partial charge in [0.05, 0.1) is 22.8 Å². The quantitative estimate of drug-likeness (QED) is 0.816. The first-order valence-electron chi connectivity index (χ1n) is 6.79. The molecule has 1 atom stereocenters. The van der Waals surface area contributed by atoms with Crippen molar-refractivity contribution in [3.8, 4) is 0 Å². The van der Waals surface area contributed by atoms with Crippen molar-refractivity contribution < 1.29 is 9.59 Å². The van der Waals surface area contributed by atoms with Crippen LogP contribution in [0.15, 0.2) is 42.5 Å². The summed E-state index contributed by atoms with van der Waals surface area (Å²) < 4.78 is 0. The molecule has 1 heterocycles. The Hall–Kier alpha value is -1.75. The van der Waals surface area contributed by atoms with Gasteiger partial charge in [0.25, 0.3) is 5.91 Å². The zero-order valence-corrected chi connectivity index (χ0v) is 14.0. The SMILES string of the molecule is O=C1C[C@H](Nc2ccc(Cl)cc2Cl)C(=O)N1c1cccc(Cl)c1. The molecule has 1 aliphatic heterocycles. The van der Waals surface area contributed by atoms with E-state index in [1.165, 1.54) is 0 Å². The van der Waals surface area contributed by atoms with E-state index in [1.807, 2.05) is 0 Å². The van der Waals surface area contributed by atoms with Gasteiger partial charge in [-0.05, 0) is 36.4 Å². The fraction of sp³-hybridized carbons (Fsp3) is 0.125. The van der Waals surface area contributed by atoms with E-state index in [0.717, 1.165) is 4.90 Å². The maximum Gasteiger partial charge on any atom is 0.256 e. The molecule has 1 N–H and O–H groups in total. The molecule has 0 saturated carbocycles. The summed E-state index contributed by atoms with van der Waals surface area (Å²) >= 11 is 17.9. The van der Waals surface area contributed by atoms with Gasteiger partial charge in [0.15, 0.2) is 0 Å². The second-order valence-corrected chi connectivity index (χ2v) is 6.35. The molecule has 118 valence electrons. The summed E-state index contributed by atoms with van der Waals surface area (Å²) in [7, 11) is 0. The van der Waals surface area contributed by atoms with E-state index in [2.05, 4.69) is 5.32 Å². The van der Waals surface area contributed by atoms with Crippen LogP contribution < -0.4 is 10.2 Å². The molecule has 0 aliphatic carbocycles. The molecule has 0 unspecified atom stereocenters.